The topological polar surface area (TPSA) is 141 Å². The highest BCUT2D eigenvalue weighted by Gasteiger charge is 2.39. The summed E-state index contributed by atoms with van der Waals surface area (Å²) in [7, 11) is 0. The second-order valence-corrected chi connectivity index (χ2v) is 11.6. The smallest absolute Gasteiger partial charge is 0.323 e. The zero-order valence-electron chi connectivity index (χ0n) is 23.1. The molecule has 2 aromatic carbocycles. The number of nitrogens with zero attached hydrogens (tertiary/aromatic N) is 6. The molecular weight excluding hydrogens is 570 g/mol. The van der Waals surface area contributed by atoms with Gasteiger partial charge in [-0.05, 0) is 61.4 Å². The number of amides is 3. The molecule has 3 heterocycles. The molecule has 4 aromatic rings. The van der Waals surface area contributed by atoms with Crippen LogP contribution < -0.4 is 11.1 Å². The standard InChI is InChI=1S/C28H29ClF2N8O3/c1-28(2,3)39-25(34-35-36-39)16-10-15(24(31)19(29)11-16)8-9-23(40)22-12-17(30)13-38(22)27(42)33-20-14-37(26(32)41)21-7-5-4-6-18(20)21/h4-7,10-11,14,17,22H,8-9,12-13H2,1-3H3,(H2,32,41)(H,33,42)/t17-,22+/m1/s1. The number of nitrogens with two attached hydrogens (primary N) is 1. The Labute approximate surface area is 244 Å². The Morgan fingerprint density at radius 1 is 1.19 bits per heavy atom. The van der Waals surface area contributed by atoms with E-state index in [0.29, 0.717) is 22.3 Å². The Bertz CT molecular complexity index is 1700. The molecule has 42 heavy (non-hydrogen) atoms. The maximum atomic E-state index is 15.0. The van der Waals surface area contributed by atoms with Crippen molar-refractivity contribution < 1.29 is 23.2 Å². The number of primary amides is 1. The summed E-state index contributed by atoms with van der Waals surface area (Å²) in [4.78, 5) is 39.5. The minimum atomic E-state index is -1.41. The zero-order valence-corrected chi connectivity index (χ0v) is 23.9. The van der Waals surface area contributed by atoms with Crippen LogP contribution >= 0.6 is 11.6 Å². The van der Waals surface area contributed by atoms with Crippen LogP contribution in [0.1, 0.15) is 39.2 Å². The Balaban J connectivity index is 1.33. The maximum absolute atomic E-state index is 15.0. The van der Waals surface area contributed by atoms with Gasteiger partial charge in [0.25, 0.3) is 0 Å². The van der Waals surface area contributed by atoms with Gasteiger partial charge in [-0.1, -0.05) is 29.8 Å². The first-order valence-electron chi connectivity index (χ1n) is 13.3. The van der Waals surface area contributed by atoms with Crippen molar-refractivity contribution >= 4 is 46.0 Å². The minimum absolute atomic E-state index is 0.0374. The number of urea groups is 1. The van der Waals surface area contributed by atoms with E-state index >= 15 is 4.39 Å². The number of hydrogen-bond acceptors (Lipinski definition) is 6. The lowest BCUT2D eigenvalue weighted by Crippen LogP contribution is -2.43. The summed E-state index contributed by atoms with van der Waals surface area (Å²) in [6.45, 7) is 5.45. The van der Waals surface area contributed by atoms with Crippen molar-refractivity contribution in [2.24, 2.45) is 5.73 Å². The Hall–Kier alpha value is -4.39. The molecule has 5 rings (SSSR count). The van der Waals surface area contributed by atoms with Crippen LogP contribution in [0, 0.1) is 5.82 Å². The number of fused-ring (bicyclic) bond motifs is 1. The lowest BCUT2D eigenvalue weighted by Gasteiger charge is -2.23. The van der Waals surface area contributed by atoms with Crippen LogP contribution in [-0.2, 0) is 16.8 Å². The summed E-state index contributed by atoms with van der Waals surface area (Å²) in [5, 5.41) is 14.9. The molecule has 1 aliphatic heterocycles. The van der Waals surface area contributed by atoms with Gasteiger partial charge in [-0.25, -0.2) is 23.1 Å². The number of nitrogens with one attached hydrogen (secondary N) is 1. The summed E-state index contributed by atoms with van der Waals surface area (Å²) in [5.74, 6) is -0.725. The number of rotatable bonds is 6. The van der Waals surface area contributed by atoms with E-state index in [9.17, 15) is 18.8 Å². The monoisotopic (exact) mass is 598 g/mol. The first kappa shape index (κ1) is 29.1. The third kappa shape index (κ3) is 5.56. The number of benzene rings is 2. The maximum Gasteiger partial charge on any atom is 0.323 e. The van der Waals surface area contributed by atoms with Gasteiger partial charge in [0.1, 0.15) is 12.0 Å². The van der Waals surface area contributed by atoms with Crippen molar-refractivity contribution in [3.8, 4) is 11.4 Å². The molecule has 14 heteroatoms. The number of carbonyl (C=O) groups excluding carboxylic acids is 3. The molecule has 0 radical (unpaired) electrons. The van der Waals surface area contributed by atoms with Crippen LogP contribution in [0.5, 0.6) is 0 Å². The summed E-state index contributed by atoms with van der Waals surface area (Å²) in [6, 6.07) is 7.27. The second-order valence-electron chi connectivity index (χ2n) is 11.2. The van der Waals surface area contributed by atoms with Crippen LogP contribution in [0.2, 0.25) is 5.02 Å². The van der Waals surface area contributed by atoms with E-state index in [-0.39, 0.29) is 42.1 Å². The van der Waals surface area contributed by atoms with Crippen molar-refractivity contribution in [2.75, 3.05) is 11.9 Å². The Kier molecular flexibility index (Phi) is 7.71. The number of tetrazole rings is 1. The molecular formula is C28H29ClF2N8O3. The largest absolute Gasteiger partial charge is 0.351 e. The van der Waals surface area contributed by atoms with E-state index in [1.807, 2.05) is 20.8 Å². The average molecular weight is 599 g/mol. The molecule has 1 fully saturated rings. The quantitative estimate of drug-likeness (QED) is 0.323. The highest BCUT2D eigenvalue weighted by atomic mass is 35.5. The summed E-state index contributed by atoms with van der Waals surface area (Å²) in [6.07, 6.45) is -0.422. The van der Waals surface area contributed by atoms with Gasteiger partial charge >= 0.3 is 12.1 Å². The van der Waals surface area contributed by atoms with Crippen molar-refractivity contribution in [3.63, 3.8) is 0 Å². The van der Waals surface area contributed by atoms with Crippen LogP contribution in [0.4, 0.5) is 24.1 Å². The number of likely N-dealkylation sites (tertiary alicyclic amines) is 1. The molecule has 1 saturated heterocycles. The third-order valence-corrected chi connectivity index (χ3v) is 7.46. The Morgan fingerprint density at radius 3 is 2.64 bits per heavy atom. The molecule has 0 bridgehead atoms. The van der Waals surface area contributed by atoms with Crippen molar-refractivity contribution in [3.05, 3.63) is 59.0 Å². The molecule has 0 spiro atoms. The van der Waals surface area contributed by atoms with Crippen LogP contribution in [0.15, 0.2) is 42.6 Å². The van der Waals surface area contributed by atoms with Gasteiger partial charge in [-0.15, -0.1) is 5.10 Å². The number of ketones is 1. The summed E-state index contributed by atoms with van der Waals surface area (Å²) in [5.41, 5.74) is 6.41. The lowest BCUT2D eigenvalue weighted by atomic mass is 9.99. The molecule has 3 amide bonds. The van der Waals surface area contributed by atoms with Gasteiger partial charge in [-0.2, -0.15) is 0 Å². The Morgan fingerprint density at radius 2 is 1.93 bits per heavy atom. The highest BCUT2D eigenvalue weighted by molar-refractivity contribution is 6.31. The normalized spacial score (nSPS) is 17.1. The van der Waals surface area contributed by atoms with E-state index in [4.69, 9.17) is 17.3 Å². The van der Waals surface area contributed by atoms with E-state index in [1.54, 1.807) is 28.9 Å². The predicted octanol–water partition coefficient (Wildman–Crippen LogP) is 4.92. The van der Waals surface area contributed by atoms with E-state index < -0.39 is 41.4 Å². The fourth-order valence-corrected chi connectivity index (χ4v) is 5.40. The number of aromatic nitrogens is 5. The zero-order chi connectivity index (χ0) is 30.3. The summed E-state index contributed by atoms with van der Waals surface area (Å²) < 4.78 is 32.3. The molecule has 0 saturated carbocycles. The van der Waals surface area contributed by atoms with Crippen LogP contribution in [0.25, 0.3) is 22.3 Å². The number of carbonyl (C=O) groups is 3. The molecule has 2 atom stereocenters. The average Bonchev–Trinajstić information content (AvgIpc) is 3.66. The van der Waals surface area contributed by atoms with E-state index in [1.165, 1.54) is 22.9 Å². The molecule has 0 aliphatic carbocycles. The van der Waals surface area contributed by atoms with Gasteiger partial charge in [0.05, 0.1) is 34.4 Å². The fourth-order valence-electron chi connectivity index (χ4n) is 5.16. The number of hydrogen-bond donors (Lipinski definition) is 2. The molecule has 11 nitrogen and oxygen atoms in total. The SMILES string of the molecule is CC(C)(C)n1nnnc1-c1cc(Cl)c(F)c(CCC(=O)[C@@H]2C[C@@H](F)CN2C(=O)Nc2cn(C(N)=O)c3ccccc23)c1. The van der Waals surface area contributed by atoms with Gasteiger partial charge in [0.15, 0.2) is 11.6 Å². The number of Topliss-reactive ketones (excluding diaryl/α,β-unsaturated/α-hetero) is 1. The van der Waals surface area contributed by atoms with Gasteiger partial charge in [0.2, 0.25) is 0 Å². The molecule has 2 aromatic heterocycles. The number of anilines is 1. The van der Waals surface area contributed by atoms with Gasteiger partial charge < -0.3 is 16.0 Å². The van der Waals surface area contributed by atoms with E-state index in [2.05, 4.69) is 20.8 Å². The first-order chi connectivity index (χ1) is 19.8. The number of para-hydroxylation sites is 1. The molecule has 3 N–H and O–H groups in total. The minimum Gasteiger partial charge on any atom is -0.351 e. The highest BCUT2D eigenvalue weighted by Crippen LogP contribution is 2.31. The van der Waals surface area contributed by atoms with E-state index in [0.717, 1.165) is 4.90 Å². The van der Waals surface area contributed by atoms with Crippen LogP contribution in [0.3, 0.4) is 0 Å². The second kappa shape index (κ2) is 11.1. The van der Waals surface area contributed by atoms with Gasteiger partial charge in [0, 0.05) is 30.0 Å². The fraction of sp³-hybridized carbons (Fsp3) is 0.357. The number of halogens is 3. The lowest BCUT2D eigenvalue weighted by molar-refractivity contribution is -0.122. The van der Waals surface area contributed by atoms with Crippen molar-refractivity contribution in [2.45, 2.75) is 57.8 Å². The predicted molar refractivity (Wildman–Crippen MR) is 152 cm³/mol. The van der Waals surface area contributed by atoms with Crippen molar-refractivity contribution in [1.82, 2.24) is 29.7 Å². The van der Waals surface area contributed by atoms with Crippen molar-refractivity contribution in [1.29, 1.82) is 0 Å². The third-order valence-electron chi connectivity index (χ3n) is 7.18. The number of alkyl halides is 1. The summed E-state index contributed by atoms with van der Waals surface area (Å²) >= 11 is 6.19. The molecule has 220 valence electrons. The molecule has 0 unspecified atom stereocenters. The number of aryl methyl sites for hydroxylation is 1. The first-order valence-corrected chi connectivity index (χ1v) is 13.6. The molecule has 1 aliphatic rings. The van der Waals surface area contributed by atoms with Gasteiger partial charge in [-0.3, -0.25) is 9.36 Å². The van der Waals surface area contributed by atoms with Crippen LogP contribution in [-0.4, -0.2) is 66.3 Å².